The summed E-state index contributed by atoms with van der Waals surface area (Å²) in [7, 11) is 1.27. The molecule has 3 saturated carbocycles. The fourth-order valence-electron chi connectivity index (χ4n) is 8.93. The number of aliphatic hydroxyl groups is 2. The first kappa shape index (κ1) is 29.6. The summed E-state index contributed by atoms with van der Waals surface area (Å²) in [6.45, 7) is 3.74. The van der Waals surface area contributed by atoms with Gasteiger partial charge in [0.25, 0.3) is 0 Å². The molecule has 1 amide bonds. The Morgan fingerprint density at radius 3 is 2.61 bits per heavy atom. The molecule has 5 aliphatic rings. The van der Waals surface area contributed by atoms with Crippen molar-refractivity contribution >= 4 is 29.4 Å². The number of aliphatic hydroxyl groups excluding tert-OH is 1. The molecule has 2 N–H and O–H groups in total. The van der Waals surface area contributed by atoms with E-state index in [1.165, 1.54) is 12.0 Å². The van der Waals surface area contributed by atoms with Gasteiger partial charge in [-0.2, -0.15) is 0 Å². The SMILES string of the molecule is COC(=O)C1CCCN1C(=O)CCC(=O)OCC(=O)[C@@]1(O)CC[C@H]2[C@@H]3CCC4=CC(=O)C=C[C@]4(C)[C@H]3[C@@H](O)C[C@@]21C. The number of Topliss-reactive ketones (excluding diaryl/α,β-unsaturated/α-hetero) is 1. The molecular weight excluding hydrogens is 530 g/mol. The average molecular weight is 572 g/mol. The molecule has 41 heavy (non-hydrogen) atoms. The van der Waals surface area contributed by atoms with Crippen LogP contribution < -0.4 is 0 Å². The standard InChI is InChI=1S/C31H41NO9/c1-29-12-10-19(33)15-18(29)6-7-20-21-11-13-31(39,30(21,2)16-23(34)27(20)29)24(35)17-41-26(37)9-8-25(36)32-14-4-5-22(32)28(38)40-3/h10,12,15,20-23,27,34,39H,4-9,11,13-14,16-17H2,1-3H3/t20-,21-,22?,23-,27+,29-,30-,31-/m0/s1. The van der Waals surface area contributed by atoms with Gasteiger partial charge in [0.1, 0.15) is 11.6 Å². The van der Waals surface area contributed by atoms with E-state index in [-0.39, 0.29) is 55.1 Å². The molecule has 10 heteroatoms. The number of ether oxygens (including phenoxy) is 2. The van der Waals surface area contributed by atoms with Crippen LogP contribution in [0.1, 0.15) is 71.6 Å². The number of nitrogens with zero attached hydrogens (tertiary/aromatic N) is 1. The van der Waals surface area contributed by atoms with Gasteiger partial charge in [0.05, 0.1) is 19.6 Å². The number of carbonyl (C=O) groups excluding carboxylic acids is 5. The molecule has 0 aromatic carbocycles. The van der Waals surface area contributed by atoms with Crippen molar-refractivity contribution in [3.05, 3.63) is 23.8 Å². The molecule has 8 atom stereocenters. The highest BCUT2D eigenvalue weighted by molar-refractivity contribution is 6.01. The Balaban J connectivity index is 1.20. The van der Waals surface area contributed by atoms with Crippen LogP contribution >= 0.6 is 0 Å². The molecule has 4 aliphatic carbocycles. The maximum atomic E-state index is 13.4. The molecule has 0 aromatic rings. The number of hydrogen-bond donors (Lipinski definition) is 2. The molecule has 4 fully saturated rings. The Kier molecular flexibility index (Phi) is 7.78. The van der Waals surface area contributed by atoms with E-state index < -0.39 is 52.9 Å². The molecule has 1 heterocycles. The van der Waals surface area contributed by atoms with Gasteiger partial charge in [0.2, 0.25) is 11.7 Å². The Bertz CT molecular complexity index is 1210. The molecule has 224 valence electrons. The third-order valence-electron chi connectivity index (χ3n) is 11.1. The third-order valence-corrected chi connectivity index (χ3v) is 11.1. The quantitative estimate of drug-likeness (QED) is 0.438. The number of hydrogen-bond acceptors (Lipinski definition) is 9. The summed E-state index contributed by atoms with van der Waals surface area (Å²) < 4.78 is 9.98. The zero-order valence-electron chi connectivity index (χ0n) is 24.1. The van der Waals surface area contributed by atoms with Crippen LogP contribution in [0.3, 0.4) is 0 Å². The summed E-state index contributed by atoms with van der Waals surface area (Å²) >= 11 is 0. The zero-order valence-corrected chi connectivity index (χ0v) is 24.1. The number of ketones is 2. The van der Waals surface area contributed by atoms with Crippen LogP contribution in [0.25, 0.3) is 0 Å². The van der Waals surface area contributed by atoms with Crippen molar-refractivity contribution in [2.45, 2.75) is 89.4 Å². The van der Waals surface area contributed by atoms with Crippen LogP contribution in [0.2, 0.25) is 0 Å². The molecule has 0 aromatic heterocycles. The van der Waals surface area contributed by atoms with Gasteiger partial charge in [-0.25, -0.2) is 4.79 Å². The van der Waals surface area contributed by atoms with Gasteiger partial charge in [-0.05, 0) is 68.9 Å². The lowest BCUT2D eigenvalue weighted by molar-refractivity contribution is -0.181. The zero-order chi connectivity index (χ0) is 29.7. The smallest absolute Gasteiger partial charge is 0.328 e. The van der Waals surface area contributed by atoms with E-state index in [0.717, 1.165) is 18.4 Å². The summed E-state index contributed by atoms with van der Waals surface area (Å²) in [5.41, 5.74) is -2.05. The molecular formula is C31H41NO9. The fourth-order valence-corrected chi connectivity index (χ4v) is 8.93. The van der Waals surface area contributed by atoms with Gasteiger partial charge in [-0.15, -0.1) is 0 Å². The first-order valence-electron chi connectivity index (χ1n) is 14.8. The number of methoxy groups -OCH3 is 1. The summed E-state index contributed by atoms with van der Waals surface area (Å²) in [6, 6.07) is -0.646. The maximum Gasteiger partial charge on any atom is 0.328 e. The monoisotopic (exact) mass is 571 g/mol. The number of allylic oxidation sites excluding steroid dienone is 4. The van der Waals surface area contributed by atoms with Gasteiger partial charge >= 0.3 is 11.9 Å². The predicted octanol–water partition coefficient (Wildman–Crippen LogP) is 2.05. The molecule has 0 bridgehead atoms. The number of likely N-dealkylation sites (tertiary alicyclic amines) is 1. The molecule has 1 saturated heterocycles. The van der Waals surface area contributed by atoms with E-state index >= 15 is 0 Å². The minimum Gasteiger partial charge on any atom is -0.467 e. The van der Waals surface area contributed by atoms with Crippen molar-refractivity contribution in [1.82, 2.24) is 4.90 Å². The van der Waals surface area contributed by atoms with E-state index in [0.29, 0.717) is 25.8 Å². The van der Waals surface area contributed by atoms with Crippen molar-refractivity contribution < 1.29 is 43.7 Å². The van der Waals surface area contributed by atoms with E-state index in [1.54, 1.807) is 12.2 Å². The lowest BCUT2D eigenvalue weighted by Gasteiger charge is -2.59. The number of esters is 2. The molecule has 5 rings (SSSR count). The topological polar surface area (TPSA) is 148 Å². The Morgan fingerprint density at radius 2 is 1.88 bits per heavy atom. The highest BCUT2D eigenvalue weighted by atomic mass is 16.5. The molecule has 1 aliphatic heterocycles. The summed E-state index contributed by atoms with van der Waals surface area (Å²) in [5.74, 6) is -2.25. The molecule has 10 nitrogen and oxygen atoms in total. The van der Waals surface area contributed by atoms with Crippen molar-refractivity contribution in [1.29, 1.82) is 0 Å². The first-order chi connectivity index (χ1) is 19.4. The van der Waals surface area contributed by atoms with Crippen molar-refractivity contribution in [2.24, 2.45) is 28.6 Å². The maximum absolute atomic E-state index is 13.4. The van der Waals surface area contributed by atoms with Crippen molar-refractivity contribution in [2.75, 3.05) is 20.3 Å². The minimum absolute atomic E-state index is 0.00852. The van der Waals surface area contributed by atoms with Crippen LogP contribution in [0.15, 0.2) is 23.8 Å². The molecule has 1 unspecified atom stereocenters. The van der Waals surface area contributed by atoms with Crippen LogP contribution in [-0.4, -0.2) is 82.5 Å². The lowest BCUT2D eigenvalue weighted by Crippen LogP contribution is -2.61. The van der Waals surface area contributed by atoms with Gasteiger partial charge in [-0.3, -0.25) is 19.2 Å². The predicted molar refractivity (Wildman–Crippen MR) is 145 cm³/mol. The summed E-state index contributed by atoms with van der Waals surface area (Å²) in [5, 5.41) is 23.3. The summed E-state index contributed by atoms with van der Waals surface area (Å²) in [4.78, 5) is 63.8. The normalized spacial score (nSPS) is 39.3. The Labute approximate surface area is 240 Å². The Hall–Kier alpha value is -2.85. The van der Waals surface area contributed by atoms with Gasteiger partial charge in [-0.1, -0.05) is 25.5 Å². The van der Waals surface area contributed by atoms with Gasteiger partial charge < -0.3 is 24.6 Å². The van der Waals surface area contributed by atoms with E-state index in [2.05, 4.69) is 6.92 Å². The summed E-state index contributed by atoms with van der Waals surface area (Å²) in [6.07, 6.45) is 7.75. The number of fused-ring (bicyclic) bond motifs is 5. The molecule has 0 spiro atoms. The van der Waals surface area contributed by atoms with Crippen LogP contribution in [0.5, 0.6) is 0 Å². The van der Waals surface area contributed by atoms with Gasteiger partial charge in [0.15, 0.2) is 12.4 Å². The van der Waals surface area contributed by atoms with Crippen LogP contribution in [0, 0.1) is 28.6 Å². The average Bonchev–Trinajstić information content (AvgIpc) is 3.53. The van der Waals surface area contributed by atoms with Crippen LogP contribution in [-0.2, 0) is 33.4 Å². The van der Waals surface area contributed by atoms with E-state index in [4.69, 9.17) is 9.47 Å². The lowest BCUT2D eigenvalue weighted by atomic mass is 9.46. The first-order valence-corrected chi connectivity index (χ1v) is 14.8. The largest absolute Gasteiger partial charge is 0.467 e. The van der Waals surface area contributed by atoms with Crippen molar-refractivity contribution in [3.8, 4) is 0 Å². The van der Waals surface area contributed by atoms with Crippen molar-refractivity contribution in [3.63, 3.8) is 0 Å². The number of amides is 1. The second kappa shape index (κ2) is 10.8. The van der Waals surface area contributed by atoms with E-state index in [1.807, 2.05) is 13.0 Å². The highest BCUT2D eigenvalue weighted by Gasteiger charge is 2.68. The second-order valence-corrected chi connectivity index (χ2v) is 13.0. The fraction of sp³-hybridized carbons (Fsp3) is 0.710. The van der Waals surface area contributed by atoms with Gasteiger partial charge in [0, 0.05) is 29.7 Å². The third kappa shape index (κ3) is 4.76. The van der Waals surface area contributed by atoms with Crippen LogP contribution in [0.4, 0.5) is 0 Å². The highest BCUT2D eigenvalue weighted by Crippen LogP contribution is 2.67. The Morgan fingerprint density at radius 1 is 1.12 bits per heavy atom. The minimum atomic E-state index is -1.75. The van der Waals surface area contributed by atoms with E-state index in [9.17, 15) is 34.2 Å². The molecule has 0 radical (unpaired) electrons. The second-order valence-electron chi connectivity index (χ2n) is 13.0. The number of rotatable bonds is 7. The number of carbonyl (C=O) groups is 5.